The third kappa shape index (κ3) is 8.88. The van der Waals surface area contributed by atoms with Crippen LogP contribution in [0.15, 0.2) is 30.5 Å². The summed E-state index contributed by atoms with van der Waals surface area (Å²) in [5, 5.41) is 26.6. The molecule has 10 N–H and O–H groups in total. The number of hydrogen-bond donors (Lipinski definition) is 8. The summed E-state index contributed by atoms with van der Waals surface area (Å²) in [6.07, 6.45) is 2.46. The number of carboxylic acids is 2. The first-order chi connectivity index (χ1) is 17.5. The van der Waals surface area contributed by atoms with E-state index < -0.39 is 60.2 Å². The molecule has 0 saturated heterocycles. The first-order valence-corrected chi connectivity index (χ1v) is 11.9. The Balaban J connectivity index is 2.01. The minimum atomic E-state index is -1.48. The molecule has 202 valence electrons. The fourth-order valence-electron chi connectivity index (χ4n) is 3.70. The number of aromatic amines is 1. The minimum Gasteiger partial charge on any atom is -0.481 e. The molecule has 4 atom stereocenters. The number of carbonyl (C=O) groups excluding carboxylic acids is 3. The van der Waals surface area contributed by atoms with E-state index in [1.165, 1.54) is 6.92 Å². The number of aromatic nitrogens is 1. The van der Waals surface area contributed by atoms with Gasteiger partial charge in [0, 0.05) is 23.5 Å². The van der Waals surface area contributed by atoms with Gasteiger partial charge in [-0.2, -0.15) is 0 Å². The van der Waals surface area contributed by atoms with Crippen LogP contribution in [-0.2, 0) is 30.4 Å². The number of amides is 3. The Morgan fingerprint density at radius 3 is 2.27 bits per heavy atom. The van der Waals surface area contributed by atoms with Gasteiger partial charge in [0.15, 0.2) is 0 Å². The van der Waals surface area contributed by atoms with Crippen LogP contribution in [-0.4, -0.2) is 75.6 Å². The molecule has 4 unspecified atom stereocenters. The fourth-order valence-corrected chi connectivity index (χ4v) is 3.70. The number of nitrogens with one attached hydrogen (secondary N) is 4. The molecule has 3 amide bonds. The van der Waals surface area contributed by atoms with Gasteiger partial charge in [0.25, 0.3) is 0 Å². The van der Waals surface area contributed by atoms with E-state index in [-0.39, 0.29) is 6.42 Å². The average molecular weight is 519 g/mol. The molecule has 13 nitrogen and oxygen atoms in total. The quantitative estimate of drug-likeness (QED) is 0.138. The molecular weight excluding hydrogens is 484 g/mol. The average Bonchev–Trinajstić information content (AvgIpc) is 3.25. The number of H-pyrrole nitrogens is 1. The van der Waals surface area contributed by atoms with E-state index in [1.807, 2.05) is 24.3 Å². The molecule has 2 rings (SSSR count). The maximum absolute atomic E-state index is 12.7. The van der Waals surface area contributed by atoms with Crippen molar-refractivity contribution in [2.75, 3.05) is 6.54 Å². The van der Waals surface area contributed by atoms with Gasteiger partial charge in [-0.3, -0.25) is 19.2 Å². The van der Waals surface area contributed by atoms with Crippen LogP contribution in [0.2, 0.25) is 0 Å². The van der Waals surface area contributed by atoms with Gasteiger partial charge in [0.05, 0.1) is 12.5 Å². The van der Waals surface area contributed by atoms with Crippen molar-refractivity contribution in [2.24, 2.45) is 11.5 Å². The smallest absolute Gasteiger partial charge is 0.326 e. The topological polar surface area (TPSA) is 230 Å². The Hall–Kier alpha value is -3.97. The number of aliphatic carboxylic acids is 2. The zero-order valence-corrected chi connectivity index (χ0v) is 20.5. The van der Waals surface area contributed by atoms with E-state index in [0.29, 0.717) is 31.4 Å². The molecule has 0 fully saturated rings. The molecule has 0 saturated carbocycles. The monoisotopic (exact) mass is 518 g/mol. The molecule has 1 aromatic heterocycles. The number of benzene rings is 1. The van der Waals surface area contributed by atoms with Gasteiger partial charge in [-0.25, -0.2) is 4.79 Å². The number of carboxylic acid groups (broad SMARTS) is 2. The summed E-state index contributed by atoms with van der Waals surface area (Å²) in [6, 6.07) is 2.36. The third-order valence-electron chi connectivity index (χ3n) is 5.78. The number of para-hydroxylation sites is 1. The Labute approximate surface area is 213 Å². The van der Waals surface area contributed by atoms with E-state index in [9.17, 15) is 29.1 Å². The highest BCUT2D eigenvalue weighted by Crippen LogP contribution is 2.19. The standard InChI is InChI=1S/C24H34N6O7/c1-13(28-23(35)18(11-20(31)32)29-22(34)16(26)7-4-5-9-25)21(33)30-19(24(36)37)10-14-12-27-17-8-3-2-6-15(14)17/h2-3,6,8,12-13,16,18-19,27H,4-5,7,9-11,25-26H2,1H3,(H,28,35)(H,29,34)(H,30,33)(H,31,32)(H,36,37). The molecule has 0 spiro atoms. The van der Waals surface area contributed by atoms with Gasteiger partial charge in [0.2, 0.25) is 17.7 Å². The van der Waals surface area contributed by atoms with Gasteiger partial charge >= 0.3 is 11.9 Å². The van der Waals surface area contributed by atoms with Gasteiger partial charge < -0.3 is 42.6 Å². The Morgan fingerprint density at radius 1 is 0.946 bits per heavy atom. The lowest BCUT2D eigenvalue weighted by molar-refractivity contribution is -0.143. The summed E-state index contributed by atoms with van der Waals surface area (Å²) in [5.41, 5.74) is 12.7. The number of rotatable bonds is 15. The summed E-state index contributed by atoms with van der Waals surface area (Å²) in [7, 11) is 0. The molecule has 1 heterocycles. The van der Waals surface area contributed by atoms with Crippen LogP contribution in [0.4, 0.5) is 0 Å². The normalized spacial score (nSPS) is 14.2. The number of unbranched alkanes of at least 4 members (excludes halogenated alkanes) is 1. The van der Waals surface area contributed by atoms with Crippen LogP contribution in [0.3, 0.4) is 0 Å². The Kier molecular flexibility index (Phi) is 11.0. The molecule has 37 heavy (non-hydrogen) atoms. The second kappa shape index (κ2) is 13.9. The number of carbonyl (C=O) groups is 5. The van der Waals surface area contributed by atoms with Crippen molar-refractivity contribution in [1.82, 2.24) is 20.9 Å². The summed E-state index contributed by atoms with van der Waals surface area (Å²) >= 11 is 0. The molecule has 13 heteroatoms. The second-order valence-corrected chi connectivity index (χ2v) is 8.74. The van der Waals surface area contributed by atoms with Crippen molar-refractivity contribution >= 4 is 40.6 Å². The van der Waals surface area contributed by atoms with Crippen molar-refractivity contribution < 1.29 is 34.2 Å². The number of fused-ring (bicyclic) bond motifs is 1. The van der Waals surface area contributed by atoms with Crippen molar-refractivity contribution in [3.8, 4) is 0 Å². The minimum absolute atomic E-state index is 0.00844. The maximum atomic E-state index is 12.7. The molecular formula is C24H34N6O7. The van der Waals surface area contributed by atoms with Crippen LogP contribution >= 0.6 is 0 Å². The zero-order chi connectivity index (χ0) is 27.5. The van der Waals surface area contributed by atoms with Crippen LogP contribution in [0, 0.1) is 0 Å². The lowest BCUT2D eigenvalue weighted by atomic mass is 10.0. The highest BCUT2D eigenvalue weighted by molar-refractivity contribution is 5.95. The van der Waals surface area contributed by atoms with Gasteiger partial charge in [-0.1, -0.05) is 24.6 Å². The maximum Gasteiger partial charge on any atom is 0.326 e. The van der Waals surface area contributed by atoms with Crippen molar-refractivity contribution in [1.29, 1.82) is 0 Å². The van der Waals surface area contributed by atoms with Crippen molar-refractivity contribution in [3.05, 3.63) is 36.0 Å². The molecule has 0 aliphatic heterocycles. The highest BCUT2D eigenvalue weighted by Gasteiger charge is 2.30. The summed E-state index contributed by atoms with van der Waals surface area (Å²) in [4.78, 5) is 63.8. The largest absolute Gasteiger partial charge is 0.481 e. The highest BCUT2D eigenvalue weighted by atomic mass is 16.4. The number of hydrogen-bond acceptors (Lipinski definition) is 7. The Bertz CT molecular complexity index is 1120. The SMILES string of the molecule is CC(NC(=O)C(CC(=O)O)NC(=O)C(N)CCCCN)C(=O)NC(Cc1c[nH]c2ccccc12)C(=O)O. The molecule has 1 aromatic carbocycles. The van der Waals surface area contributed by atoms with Gasteiger partial charge in [-0.05, 0) is 37.9 Å². The van der Waals surface area contributed by atoms with E-state index >= 15 is 0 Å². The lowest BCUT2D eigenvalue weighted by Crippen LogP contribution is -2.56. The molecule has 0 aliphatic rings. The third-order valence-corrected chi connectivity index (χ3v) is 5.78. The Morgan fingerprint density at radius 2 is 1.62 bits per heavy atom. The van der Waals surface area contributed by atoms with Gasteiger partial charge in [0.1, 0.15) is 18.1 Å². The van der Waals surface area contributed by atoms with E-state index in [4.69, 9.17) is 16.6 Å². The second-order valence-electron chi connectivity index (χ2n) is 8.74. The van der Waals surface area contributed by atoms with E-state index in [1.54, 1.807) is 6.20 Å². The lowest BCUT2D eigenvalue weighted by Gasteiger charge is -2.22. The van der Waals surface area contributed by atoms with Gasteiger partial charge in [-0.15, -0.1) is 0 Å². The zero-order valence-electron chi connectivity index (χ0n) is 20.5. The van der Waals surface area contributed by atoms with E-state index in [2.05, 4.69) is 20.9 Å². The number of nitrogens with two attached hydrogens (primary N) is 2. The predicted molar refractivity (Wildman–Crippen MR) is 134 cm³/mol. The van der Waals surface area contributed by atoms with Crippen molar-refractivity contribution in [2.45, 2.75) is 63.2 Å². The van der Waals surface area contributed by atoms with Crippen molar-refractivity contribution in [3.63, 3.8) is 0 Å². The molecule has 2 aromatic rings. The van der Waals surface area contributed by atoms with Crippen LogP contribution in [0.25, 0.3) is 10.9 Å². The summed E-state index contributed by atoms with van der Waals surface area (Å²) in [6.45, 7) is 1.75. The summed E-state index contributed by atoms with van der Waals surface area (Å²) < 4.78 is 0. The summed E-state index contributed by atoms with van der Waals surface area (Å²) in [5.74, 6) is -5.04. The predicted octanol–water partition coefficient (Wildman–Crippen LogP) is -0.800. The molecule has 0 aliphatic carbocycles. The van der Waals surface area contributed by atoms with Crippen LogP contribution < -0.4 is 27.4 Å². The van der Waals surface area contributed by atoms with Crippen LogP contribution in [0.5, 0.6) is 0 Å². The van der Waals surface area contributed by atoms with E-state index in [0.717, 1.165) is 10.9 Å². The molecule has 0 radical (unpaired) electrons. The first kappa shape index (κ1) is 29.3. The first-order valence-electron chi connectivity index (χ1n) is 11.9. The molecule has 0 bridgehead atoms. The fraction of sp³-hybridized carbons (Fsp3) is 0.458. The van der Waals surface area contributed by atoms with Crippen LogP contribution in [0.1, 0.15) is 38.2 Å².